The van der Waals surface area contributed by atoms with Gasteiger partial charge in [-0.15, -0.1) is 0 Å². The van der Waals surface area contributed by atoms with E-state index in [9.17, 15) is 9.90 Å². The second-order valence-electron chi connectivity index (χ2n) is 10.5. The number of hydrogen-bond donors (Lipinski definition) is 1. The van der Waals surface area contributed by atoms with Crippen molar-refractivity contribution in [1.29, 1.82) is 0 Å². The summed E-state index contributed by atoms with van der Waals surface area (Å²) in [6.07, 6.45) is 5.60. The lowest BCUT2D eigenvalue weighted by Crippen LogP contribution is -2.13. The fourth-order valence-electron chi connectivity index (χ4n) is 5.99. The summed E-state index contributed by atoms with van der Waals surface area (Å²) in [6, 6.07) is 28.1. The largest absolute Gasteiger partial charge is 0.493 e. The van der Waals surface area contributed by atoms with E-state index in [2.05, 4.69) is 48.1 Å². The highest BCUT2D eigenvalue weighted by Gasteiger charge is 2.26. The molecule has 0 spiro atoms. The SMILES string of the molecule is CCc1nccc(C)c1-c1cccc2c(CCCOc3cccc4ccccc34)c(C(=O)O)n(Cc3ccccn3)c12. The minimum absolute atomic E-state index is 0.299. The molecule has 0 aliphatic carbocycles. The summed E-state index contributed by atoms with van der Waals surface area (Å²) in [5.74, 6) is -0.109. The molecular weight excluding hydrogens is 522 g/mol. The summed E-state index contributed by atoms with van der Waals surface area (Å²) in [7, 11) is 0. The van der Waals surface area contributed by atoms with Gasteiger partial charge in [0.05, 0.1) is 24.4 Å². The number of aromatic carboxylic acids is 1. The number of pyridine rings is 2. The predicted molar refractivity (Wildman–Crippen MR) is 167 cm³/mol. The Balaban J connectivity index is 1.44. The lowest BCUT2D eigenvalue weighted by molar-refractivity contribution is 0.0684. The highest BCUT2D eigenvalue weighted by atomic mass is 16.5. The van der Waals surface area contributed by atoms with Crippen molar-refractivity contribution in [3.63, 3.8) is 0 Å². The van der Waals surface area contributed by atoms with Crippen molar-refractivity contribution < 1.29 is 14.6 Å². The summed E-state index contributed by atoms with van der Waals surface area (Å²) < 4.78 is 8.16. The maximum absolute atomic E-state index is 13.0. The van der Waals surface area contributed by atoms with Crippen LogP contribution in [0.5, 0.6) is 5.75 Å². The zero-order valence-corrected chi connectivity index (χ0v) is 23.9. The van der Waals surface area contributed by atoms with E-state index in [1.807, 2.05) is 71.4 Å². The first-order chi connectivity index (χ1) is 20.6. The number of nitrogens with zero attached hydrogens (tertiary/aromatic N) is 3. The molecule has 0 bridgehead atoms. The highest BCUT2D eigenvalue weighted by molar-refractivity contribution is 6.04. The molecule has 6 heteroatoms. The Bertz CT molecular complexity index is 1890. The third kappa shape index (κ3) is 5.12. The van der Waals surface area contributed by atoms with Gasteiger partial charge in [-0.05, 0) is 67.0 Å². The molecule has 0 fully saturated rings. The van der Waals surface area contributed by atoms with Gasteiger partial charge in [-0.3, -0.25) is 9.97 Å². The number of ether oxygens (including phenoxy) is 1. The van der Waals surface area contributed by atoms with Crippen LogP contribution in [0.15, 0.2) is 97.3 Å². The number of carboxylic acid groups (broad SMARTS) is 1. The molecule has 3 aromatic heterocycles. The molecule has 0 aliphatic rings. The number of benzene rings is 3. The lowest BCUT2D eigenvalue weighted by Gasteiger charge is -2.15. The van der Waals surface area contributed by atoms with E-state index in [0.717, 1.165) is 67.5 Å². The number of para-hydroxylation sites is 1. The summed E-state index contributed by atoms with van der Waals surface area (Å²) in [5, 5.41) is 13.8. The van der Waals surface area contributed by atoms with Crippen LogP contribution in [-0.4, -0.2) is 32.2 Å². The molecule has 42 heavy (non-hydrogen) atoms. The molecule has 210 valence electrons. The van der Waals surface area contributed by atoms with Crippen LogP contribution in [0.1, 0.15) is 46.3 Å². The molecule has 0 saturated heterocycles. The van der Waals surface area contributed by atoms with E-state index >= 15 is 0 Å². The van der Waals surface area contributed by atoms with Gasteiger partial charge in [-0.1, -0.05) is 67.6 Å². The average Bonchev–Trinajstić information content (AvgIpc) is 3.33. The molecule has 0 amide bonds. The van der Waals surface area contributed by atoms with Crippen molar-refractivity contribution in [1.82, 2.24) is 14.5 Å². The Kier molecular flexibility index (Phi) is 7.69. The quantitative estimate of drug-likeness (QED) is 0.174. The summed E-state index contributed by atoms with van der Waals surface area (Å²) >= 11 is 0. The third-order valence-electron chi connectivity index (χ3n) is 7.86. The average molecular weight is 556 g/mol. The fourth-order valence-corrected chi connectivity index (χ4v) is 5.99. The zero-order valence-electron chi connectivity index (χ0n) is 23.9. The zero-order chi connectivity index (χ0) is 29.1. The fraction of sp³-hybridized carbons (Fsp3) is 0.194. The first kappa shape index (κ1) is 27.2. The van der Waals surface area contributed by atoms with Gasteiger partial charge in [0.15, 0.2) is 0 Å². The van der Waals surface area contributed by atoms with Crippen LogP contribution in [0.25, 0.3) is 32.8 Å². The van der Waals surface area contributed by atoms with E-state index in [1.165, 1.54) is 0 Å². The lowest BCUT2D eigenvalue weighted by atomic mass is 9.95. The number of fused-ring (bicyclic) bond motifs is 2. The Morgan fingerprint density at radius 3 is 2.48 bits per heavy atom. The molecule has 1 N–H and O–H groups in total. The molecule has 0 saturated carbocycles. The Hall–Kier alpha value is -4.97. The molecule has 0 radical (unpaired) electrons. The van der Waals surface area contributed by atoms with Gasteiger partial charge in [0.1, 0.15) is 11.4 Å². The van der Waals surface area contributed by atoms with E-state index < -0.39 is 5.97 Å². The van der Waals surface area contributed by atoms with Crippen molar-refractivity contribution in [2.75, 3.05) is 6.61 Å². The summed E-state index contributed by atoms with van der Waals surface area (Å²) in [4.78, 5) is 22.2. The van der Waals surface area contributed by atoms with Crippen LogP contribution in [-0.2, 0) is 19.4 Å². The Labute approximate surface area is 245 Å². The van der Waals surface area contributed by atoms with Gasteiger partial charge in [-0.25, -0.2) is 4.79 Å². The Morgan fingerprint density at radius 2 is 1.67 bits per heavy atom. The standard InChI is InChI=1S/C36H33N3O3/c1-3-31-33(24(2)19-21-38-31)30-16-9-15-28-29(17-10-22-42-32-18-8-12-25-11-4-5-14-27(25)32)35(36(40)41)39(34(28)30)23-26-13-6-7-20-37-26/h4-9,11-16,18-21H,3,10,17,22-23H2,1-2H3,(H,40,41). The van der Waals surface area contributed by atoms with Crippen LogP contribution in [0.4, 0.5) is 0 Å². The molecule has 0 aliphatic heterocycles. The maximum atomic E-state index is 13.0. The molecule has 0 atom stereocenters. The summed E-state index contributed by atoms with van der Waals surface area (Å²) in [6.45, 7) is 5.01. The van der Waals surface area contributed by atoms with Crippen molar-refractivity contribution in [3.05, 3.63) is 126 Å². The van der Waals surface area contributed by atoms with E-state index in [-0.39, 0.29) is 0 Å². The first-order valence-corrected chi connectivity index (χ1v) is 14.4. The van der Waals surface area contributed by atoms with Crippen LogP contribution in [0.3, 0.4) is 0 Å². The van der Waals surface area contributed by atoms with Crippen LogP contribution in [0, 0.1) is 6.92 Å². The number of rotatable bonds is 10. The number of aromatic nitrogens is 3. The predicted octanol–water partition coefficient (Wildman–Crippen LogP) is 7.88. The second-order valence-corrected chi connectivity index (χ2v) is 10.5. The number of hydrogen-bond acceptors (Lipinski definition) is 4. The van der Waals surface area contributed by atoms with Gasteiger partial charge in [0, 0.05) is 40.0 Å². The smallest absolute Gasteiger partial charge is 0.352 e. The van der Waals surface area contributed by atoms with E-state index in [4.69, 9.17) is 4.74 Å². The third-order valence-corrected chi connectivity index (χ3v) is 7.86. The number of carbonyl (C=O) groups is 1. The normalized spacial score (nSPS) is 11.3. The number of aryl methyl sites for hydroxylation is 3. The second kappa shape index (κ2) is 11.9. The van der Waals surface area contributed by atoms with E-state index in [1.54, 1.807) is 6.20 Å². The van der Waals surface area contributed by atoms with Gasteiger partial charge >= 0.3 is 5.97 Å². The van der Waals surface area contributed by atoms with Crippen molar-refractivity contribution in [3.8, 4) is 16.9 Å². The van der Waals surface area contributed by atoms with Gasteiger partial charge in [-0.2, -0.15) is 0 Å². The molecule has 3 heterocycles. The van der Waals surface area contributed by atoms with Gasteiger partial charge in [0.25, 0.3) is 0 Å². The van der Waals surface area contributed by atoms with Crippen LogP contribution < -0.4 is 4.74 Å². The molecule has 3 aromatic carbocycles. The van der Waals surface area contributed by atoms with Gasteiger partial charge < -0.3 is 14.4 Å². The molecular formula is C36H33N3O3. The maximum Gasteiger partial charge on any atom is 0.352 e. The molecule has 6 nitrogen and oxygen atoms in total. The minimum Gasteiger partial charge on any atom is -0.493 e. The van der Waals surface area contributed by atoms with Crippen LogP contribution in [0.2, 0.25) is 0 Å². The Morgan fingerprint density at radius 1 is 0.881 bits per heavy atom. The minimum atomic E-state index is -0.948. The van der Waals surface area contributed by atoms with Crippen LogP contribution >= 0.6 is 0 Å². The van der Waals surface area contributed by atoms with Gasteiger partial charge in [0.2, 0.25) is 0 Å². The highest BCUT2D eigenvalue weighted by Crippen LogP contribution is 2.38. The molecule has 0 unspecified atom stereocenters. The van der Waals surface area contributed by atoms with Crippen molar-refractivity contribution in [2.45, 2.75) is 39.7 Å². The topological polar surface area (TPSA) is 77.2 Å². The number of carboxylic acids is 1. The summed E-state index contributed by atoms with van der Waals surface area (Å²) in [5.41, 5.74) is 6.98. The first-order valence-electron chi connectivity index (χ1n) is 14.4. The monoisotopic (exact) mass is 555 g/mol. The van der Waals surface area contributed by atoms with Crippen molar-refractivity contribution >= 4 is 27.6 Å². The molecule has 6 aromatic rings. The van der Waals surface area contributed by atoms with Crippen molar-refractivity contribution in [2.24, 2.45) is 0 Å². The molecule has 6 rings (SSSR count). The van der Waals surface area contributed by atoms with E-state index in [0.29, 0.717) is 31.7 Å².